The van der Waals surface area contributed by atoms with E-state index in [1.54, 1.807) is 0 Å². The van der Waals surface area contributed by atoms with Gasteiger partial charge in [0.2, 0.25) is 0 Å². The molecule has 1 aromatic heterocycles. The van der Waals surface area contributed by atoms with Gasteiger partial charge in [0, 0.05) is 13.1 Å². The number of nitrogens with zero attached hydrogens (tertiary/aromatic N) is 3. The van der Waals surface area contributed by atoms with Crippen LogP contribution >= 0.6 is 11.5 Å². The number of hydrogen-bond donors (Lipinski definition) is 0. The Morgan fingerprint density at radius 1 is 1.33 bits per heavy atom. The maximum absolute atomic E-state index is 9.20. The van der Waals surface area contributed by atoms with Crippen molar-refractivity contribution in [2.24, 2.45) is 0 Å². The second-order valence-corrected chi connectivity index (χ2v) is 5.25. The highest BCUT2D eigenvalue weighted by atomic mass is 32.1. The van der Waals surface area contributed by atoms with Gasteiger partial charge in [-0.2, -0.15) is 9.64 Å². The molecule has 0 radical (unpaired) electrons. The van der Waals surface area contributed by atoms with E-state index in [4.69, 9.17) is 0 Å². The van der Waals surface area contributed by atoms with E-state index in [0.717, 1.165) is 35.8 Å². The van der Waals surface area contributed by atoms with Crippen LogP contribution in [0.15, 0.2) is 24.3 Å². The van der Waals surface area contributed by atoms with Crippen LogP contribution in [0.5, 0.6) is 0 Å². The zero-order valence-electron chi connectivity index (χ0n) is 10.2. The molecule has 1 aliphatic heterocycles. The van der Waals surface area contributed by atoms with Gasteiger partial charge in [-0.15, -0.1) is 0 Å². The maximum Gasteiger partial charge on any atom is 0.130 e. The van der Waals surface area contributed by atoms with Crippen LogP contribution in [-0.2, 0) is 13.0 Å². The molecule has 0 saturated carbocycles. The molecule has 1 aromatic carbocycles. The third-order valence-corrected chi connectivity index (χ3v) is 4.37. The van der Waals surface area contributed by atoms with E-state index in [-0.39, 0.29) is 0 Å². The van der Waals surface area contributed by atoms with E-state index < -0.39 is 0 Å². The average Bonchev–Trinajstić information content (AvgIpc) is 2.79. The lowest BCUT2D eigenvalue weighted by Crippen LogP contribution is -2.30. The molecule has 2 aromatic rings. The molecular formula is C14H13N3S. The van der Waals surface area contributed by atoms with Gasteiger partial charge in [0.05, 0.1) is 5.69 Å². The average molecular weight is 255 g/mol. The number of fused-ring (bicyclic) bond motifs is 1. The van der Waals surface area contributed by atoms with Crippen LogP contribution in [0.4, 0.5) is 5.00 Å². The summed E-state index contributed by atoms with van der Waals surface area (Å²) in [6, 6.07) is 10.8. The first kappa shape index (κ1) is 11.2. The lowest BCUT2D eigenvalue weighted by atomic mass is 10.00. The maximum atomic E-state index is 9.20. The Hall–Kier alpha value is -1.86. The molecule has 0 atom stereocenters. The van der Waals surface area contributed by atoms with Gasteiger partial charge in [0.25, 0.3) is 0 Å². The zero-order valence-corrected chi connectivity index (χ0v) is 11.0. The quantitative estimate of drug-likeness (QED) is 0.786. The van der Waals surface area contributed by atoms with Crippen LogP contribution in [-0.4, -0.2) is 10.9 Å². The smallest absolute Gasteiger partial charge is 0.130 e. The molecule has 90 valence electrons. The molecule has 2 heterocycles. The minimum atomic E-state index is 0.736. The molecule has 4 heteroatoms. The van der Waals surface area contributed by atoms with Crippen molar-refractivity contribution in [3.63, 3.8) is 0 Å². The topological polar surface area (TPSA) is 39.9 Å². The Labute approximate surface area is 110 Å². The fraction of sp³-hybridized carbons (Fsp3) is 0.286. The first-order valence-electron chi connectivity index (χ1n) is 5.97. The van der Waals surface area contributed by atoms with Gasteiger partial charge < -0.3 is 4.90 Å². The predicted molar refractivity (Wildman–Crippen MR) is 72.8 cm³/mol. The molecule has 0 spiro atoms. The van der Waals surface area contributed by atoms with Crippen molar-refractivity contribution in [1.82, 2.24) is 4.37 Å². The summed E-state index contributed by atoms with van der Waals surface area (Å²) in [6.07, 6.45) is 1.04. The fourth-order valence-electron chi connectivity index (χ4n) is 2.37. The van der Waals surface area contributed by atoms with Gasteiger partial charge >= 0.3 is 0 Å². The van der Waals surface area contributed by atoms with Crippen LogP contribution < -0.4 is 4.90 Å². The highest BCUT2D eigenvalue weighted by molar-refractivity contribution is 7.10. The number of nitriles is 1. The number of benzene rings is 1. The molecule has 0 saturated heterocycles. The summed E-state index contributed by atoms with van der Waals surface area (Å²) in [4.78, 5) is 2.27. The molecule has 0 unspecified atom stereocenters. The van der Waals surface area contributed by atoms with Gasteiger partial charge in [-0.1, -0.05) is 24.3 Å². The van der Waals surface area contributed by atoms with Crippen LogP contribution in [0, 0.1) is 18.3 Å². The summed E-state index contributed by atoms with van der Waals surface area (Å²) in [7, 11) is 0. The molecule has 3 nitrogen and oxygen atoms in total. The predicted octanol–water partition coefficient (Wildman–Crippen LogP) is 2.89. The highest BCUT2D eigenvalue weighted by Gasteiger charge is 2.21. The summed E-state index contributed by atoms with van der Waals surface area (Å²) < 4.78 is 4.30. The van der Waals surface area contributed by atoms with Crippen molar-refractivity contribution in [3.05, 3.63) is 46.6 Å². The Morgan fingerprint density at radius 2 is 2.11 bits per heavy atom. The van der Waals surface area contributed by atoms with E-state index >= 15 is 0 Å². The van der Waals surface area contributed by atoms with Crippen molar-refractivity contribution in [2.75, 3.05) is 11.4 Å². The molecule has 18 heavy (non-hydrogen) atoms. The summed E-state index contributed by atoms with van der Waals surface area (Å²) in [5.74, 6) is 0. The molecular weight excluding hydrogens is 242 g/mol. The van der Waals surface area contributed by atoms with Crippen molar-refractivity contribution >= 4 is 16.5 Å². The Kier molecular flexibility index (Phi) is 2.77. The monoisotopic (exact) mass is 255 g/mol. The number of hydrogen-bond acceptors (Lipinski definition) is 4. The Balaban J connectivity index is 1.95. The molecule has 1 aliphatic rings. The van der Waals surface area contributed by atoms with Crippen molar-refractivity contribution in [2.45, 2.75) is 19.9 Å². The number of aryl methyl sites for hydroxylation is 1. The van der Waals surface area contributed by atoms with Crippen molar-refractivity contribution in [1.29, 1.82) is 5.26 Å². The van der Waals surface area contributed by atoms with E-state index in [1.807, 2.05) is 6.92 Å². The number of rotatable bonds is 1. The van der Waals surface area contributed by atoms with E-state index in [0.29, 0.717) is 0 Å². The minimum Gasteiger partial charge on any atom is -0.356 e. The summed E-state index contributed by atoms with van der Waals surface area (Å²) >= 11 is 1.44. The van der Waals surface area contributed by atoms with Crippen molar-refractivity contribution in [3.8, 4) is 6.07 Å². The third kappa shape index (κ3) is 1.77. The lowest BCUT2D eigenvalue weighted by Gasteiger charge is -2.29. The molecule has 0 fully saturated rings. The summed E-state index contributed by atoms with van der Waals surface area (Å²) in [5, 5.41) is 10.2. The standard InChI is InChI=1S/C14H13N3S/c1-10-13(8-15)14(18-16-10)17-7-6-11-4-2-3-5-12(11)9-17/h2-5H,6-7,9H2,1H3. The first-order valence-corrected chi connectivity index (χ1v) is 6.75. The summed E-state index contributed by atoms with van der Waals surface area (Å²) in [5.41, 5.74) is 4.36. The van der Waals surface area contributed by atoms with Crippen LogP contribution in [0.1, 0.15) is 22.4 Å². The lowest BCUT2D eigenvalue weighted by molar-refractivity contribution is 0.737. The normalized spacial score (nSPS) is 14.1. The van der Waals surface area contributed by atoms with Crippen molar-refractivity contribution < 1.29 is 0 Å². The second-order valence-electron chi connectivity index (χ2n) is 4.50. The molecule has 0 N–H and O–H groups in total. The zero-order chi connectivity index (χ0) is 12.5. The summed E-state index contributed by atoms with van der Waals surface area (Å²) in [6.45, 7) is 3.75. The highest BCUT2D eigenvalue weighted by Crippen LogP contribution is 2.31. The second kappa shape index (κ2) is 4.43. The van der Waals surface area contributed by atoms with E-state index in [2.05, 4.69) is 39.6 Å². The number of anilines is 1. The molecule has 3 rings (SSSR count). The van der Waals surface area contributed by atoms with E-state index in [1.165, 1.54) is 22.7 Å². The molecule has 0 bridgehead atoms. The van der Waals surface area contributed by atoms with Crippen LogP contribution in [0.3, 0.4) is 0 Å². The van der Waals surface area contributed by atoms with Gasteiger partial charge in [-0.25, -0.2) is 0 Å². The molecule has 0 aliphatic carbocycles. The minimum absolute atomic E-state index is 0.736. The number of aromatic nitrogens is 1. The first-order chi connectivity index (χ1) is 8.79. The van der Waals surface area contributed by atoms with Gasteiger partial charge in [0.15, 0.2) is 0 Å². The van der Waals surface area contributed by atoms with Gasteiger partial charge in [-0.05, 0) is 36.0 Å². The van der Waals surface area contributed by atoms with Crippen LogP contribution in [0.2, 0.25) is 0 Å². The SMILES string of the molecule is Cc1nsc(N2CCc3ccccc3C2)c1C#N. The largest absolute Gasteiger partial charge is 0.356 e. The Morgan fingerprint density at radius 3 is 2.89 bits per heavy atom. The van der Waals surface area contributed by atoms with Crippen LogP contribution in [0.25, 0.3) is 0 Å². The van der Waals surface area contributed by atoms with Gasteiger partial charge in [0.1, 0.15) is 16.6 Å². The Bertz CT molecular complexity index is 624. The third-order valence-electron chi connectivity index (χ3n) is 3.37. The fourth-order valence-corrected chi connectivity index (χ4v) is 3.24. The molecule has 0 amide bonds. The van der Waals surface area contributed by atoms with Gasteiger partial charge in [-0.3, -0.25) is 0 Å². The van der Waals surface area contributed by atoms with E-state index in [9.17, 15) is 5.26 Å².